The Bertz CT molecular complexity index is 364. The van der Waals surface area contributed by atoms with Crippen molar-refractivity contribution >= 4 is 29.9 Å². The Balaban J connectivity index is 0.00000529. The van der Waals surface area contributed by atoms with E-state index in [1.165, 1.54) is 0 Å². The summed E-state index contributed by atoms with van der Waals surface area (Å²) in [5.41, 5.74) is 0. The zero-order valence-electron chi connectivity index (χ0n) is 15.0. The molecule has 2 atom stereocenters. The summed E-state index contributed by atoms with van der Waals surface area (Å²) in [6.07, 6.45) is -1.21. The van der Waals surface area contributed by atoms with Crippen LogP contribution in [0.4, 0.5) is 13.2 Å². The van der Waals surface area contributed by atoms with Gasteiger partial charge in [-0.2, -0.15) is 13.2 Å². The highest BCUT2D eigenvalue weighted by Gasteiger charge is 2.42. The topological polar surface area (TPSA) is 39.7 Å². The zero-order chi connectivity index (χ0) is 17.3. The SMILES string of the molecule is CCCN(CC)CCNC(=NC)NC1CCCC(C(F)(F)F)C1.I. The highest BCUT2D eigenvalue weighted by molar-refractivity contribution is 14.0. The summed E-state index contributed by atoms with van der Waals surface area (Å²) in [6.45, 7) is 7.97. The molecule has 1 fully saturated rings. The Kier molecular flexibility index (Phi) is 12.0. The largest absolute Gasteiger partial charge is 0.391 e. The van der Waals surface area contributed by atoms with E-state index in [0.717, 1.165) is 39.0 Å². The second kappa shape index (κ2) is 12.2. The molecule has 24 heavy (non-hydrogen) atoms. The molecule has 0 spiro atoms. The van der Waals surface area contributed by atoms with Crippen molar-refractivity contribution in [1.82, 2.24) is 15.5 Å². The standard InChI is InChI=1S/C16H31F3N4.HI/c1-4-10-23(5-2)11-9-21-15(20-3)22-14-8-6-7-13(12-14)16(17,18)19;/h13-14H,4-12H2,1-3H3,(H2,20,21,22);1H. The maximum atomic E-state index is 12.9. The van der Waals surface area contributed by atoms with Gasteiger partial charge in [0.05, 0.1) is 5.92 Å². The zero-order valence-corrected chi connectivity index (χ0v) is 17.3. The van der Waals surface area contributed by atoms with E-state index in [-0.39, 0.29) is 42.9 Å². The molecule has 1 aliphatic rings. The van der Waals surface area contributed by atoms with Crippen LogP contribution in [0.2, 0.25) is 0 Å². The van der Waals surface area contributed by atoms with Gasteiger partial charge in [-0.3, -0.25) is 4.99 Å². The van der Waals surface area contributed by atoms with Crippen molar-refractivity contribution in [3.8, 4) is 0 Å². The van der Waals surface area contributed by atoms with Crippen LogP contribution in [0.1, 0.15) is 46.0 Å². The van der Waals surface area contributed by atoms with E-state index in [2.05, 4.69) is 34.4 Å². The van der Waals surface area contributed by atoms with Gasteiger partial charge in [-0.25, -0.2) is 0 Å². The molecular weight excluding hydrogens is 432 g/mol. The smallest absolute Gasteiger partial charge is 0.355 e. The highest BCUT2D eigenvalue weighted by Crippen LogP contribution is 2.37. The number of likely N-dealkylation sites (N-methyl/N-ethyl adjacent to an activating group) is 1. The molecule has 0 aromatic heterocycles. The molecule has 144 valence electrons. The molecule has 2 unspecified atom stereocenters. The maximum absolute atomic E-state index is 12.9. The lowest BCUT2D eigenvalue weighted by Gasteiger charge is -2.32. The molecule has 1 aliphatic carbocycles. The van der Waals surface area contributed by atoms with Crippen LogP contribution in [-0.2, 0) is 0 Å². The fraction of sp³-hybridized carbons (Fsp3) is 0.938. The molecule has 0 aliphatic heterocycles. The molecule has 8 heteroatoms. The number of halogens is 4. The summed E-state index contributed by atoms with van der Waals surface area (Å²) in [5.74, 6) is -0.586. The molecule has 0 amide bonds. The minimum Gasteiger partial charge on any atom is -0.355 e. The average molecular weight is 464 g/mol. The molecule has 0 aromatic carbocycles. The molecule has 0 saturated heterocycles. The Morgan fingerprint density at radius 1 is 1.21 bits per heavy atom. The fourth-order valence-electron chi connectivity index (χ4n) is 3.08. The molecule has 1 rings (SSSR count). The second-order valence-electron chi connectivity index (χ2n) is 6.18. The van der Waals surface area contributed by atoms with Gasteiger partial charge in [0, 0.05) is 26.2 Å². The van der Waals surface area contributed by atoms with Crippen molar-refractivity contribution in [3.05, 3.63) is 0 Å². The van der Waals surface area contributed by atoms with E-state index in [1.807, 2.05) is 0 Å². The van der Waals surface area contributed by atoms with Crippen LogP contribution in [0.25, 0.3) is 0 Å². The lowest BCUT2D eigenvalue weighted by Crippen LogP contribution is -2.48. The number of nitrogens with zero attached hydrogens (tertiary/aromatic N) is 2. The second-order valence-corrected chi connectivity index (χ2v) is 6.18. The van der Waals surface area contributed by atoms with E-state index in [4.69, 9.17) is 0 Å². The summed E-state index contributed by atoms with van der Waals surface area (Å²) in [4.78, 5) is 6.47. The first kappa shape index (κ1) is 23.8. The van der Waals surface area contributed by atoms with Gasteiger partial charge in [0.25, 0.3) is 0 Å². The Labute approximate surface area is 161 Å². The predicted molar refractivity (Wildman–Crippen MR) is 104 cm³/mol. The van der Waals surface area contributed by atoms with E-state index in [9.17, 15) is 13.2 Å². The Morgan fingerprint density at radius 3 is 2.46 bits per heavy atom. The summed E-state index contributed by atoms with van der Waals surface area (Å²) in [5, 5.41) is 6.36. The van der Waals surface area contributed by atoms with Crippen molar-refractivity contribution < 1.29 is 13.2 Å². The summed E-state index contributed by atoms with van der Waals surface area (Å²) < 4.78 is 38.6. The monoisotopic (exact) mass is 464 g/mol. The van der Waals surface area contributed by atoms with Crippen molar-refractivity contribution in [2.24, 2.45) is 10.9 Å². The van der Waals surface area contributed by atoms with E-state index in [1.54, 1.807) is 7.05 Å². The third kappa shape index (κ3) is 8.73. The van der Waals surface area contributed by atoms with Crippen LogP contribution in [0.3, 0.4) is 0 Å². The molecule has 2 N–H and O–H groups in total. The Morgan fingerprint density at radius 2 is 1.92 bits per heavy atom. The minimum absolute atomic E-state index is 0. The maximum Gasteiger partial charge on any atom is 0.391 e. The first-order chi connectivity index (χ1) is 10.9. The Hall–Kier alpha value is -0.250. The van der Waals surface area contributed by atoms with Crippen molar-refractivity contribution in [2.45, 2.75) is 58.2 Å². The number of hydrogen-bond donors (Lipinski definition) is 2. The van der Waals surface area contributed by atoms with Gasteiger partial charge < -0.3 is 15.5 Å². The van der Waals surface area contributed by atoms with Crippen LogP contribution in [-0.4, -0.2) is 56.3 Å². The molecular formula is C16H32F3IN4. The highest BCUT2D eigenvalue weighted by atomic mass is 127. The summed E-state index contributed by atoms with van der Waals surface area (Å²) in [6, 6.07) is -0.153. The molecule has 4 nitrogen and oxygen atoms in total. The normalized spacial score (nSPS) is 22.2. The predicted octanol–water partition coefficient (Wildman–Crippen LogP) is 3.62. The molecule has 0 bridgehead atoms. The van der Waals surface area contributed by atoms with Gasteiger partial charge in [-0.05, 0) is 38.8 Å². The average Bonchev–Trinajstić information content (AvgIpc) is 2.52. The third-order valence-corrected chi connectivity index (χ3v) is 4.41. The fourth-order valence-corrected chi connectivity index (χ4v) is 3.08. The lowest BCUT2D eigenvalue weighted by atomic mass is 9.85. The number of aliphatic imine (C=N–C) groups is 1. The van der Waals surface area contributed by atoms with Crippen LogP contribution in [0.5, 0.6) is 0 Å². The van der Waals surface area contributed by atoms with Gasteiger partial charge in [0.15, 0.2) is 5.96 Å². The van der Waals surface area contributed by atoms with E-state index in [0.29, 0.717) is 12.4 Å². The van der Waals surface area contributed by atoms with E-state index < -0.39 is 12.1 Å². The van der Waals surface area contributed by atoms with E-state index >= 15 is 0 Å². The van der Waals surface area contributed by atoms with Crippen molar-refractivity contribution in [2.75, 3.05) is 33.2 Å². The quantitative estimate of drug-likeness (QED) is 0.344. The molecule has 0 radical (unpaired) electrons. The first-order valence-electron chi connectivity index (χ1n) is 8.66. The van der Waals surface area contributed by atoms with Crippen LogP contribution < -0.4 is 10.6 Å². The van der Waals surface area contributed by atoms with Crippen LogP contribution in [0, 0.1) is 5.92 Å². The van der Waals surface area contributed by atoms with Crippen LogP contribution >= 0.6 is 24.0 Å². The van der Waals surface area contributed by atoms with Gasteiger partial charge in [0.1, 0.15) is 0 Å². The minimum atomic E-state index is -4.08. The van der Waals surface area contributed by atoms with Gasteiger partial charge >= 0.3 is 6.18 Å². The number of alkyl halides is 3. The summed E-state index contributed by atoms with van der Waals surface area (Å²) in [7, 11) is 1.66. The summed E-state index contributed by atoms with van der Waals surface area (Å²) >= 11 is 0. The van der Waals surface area contributed by atoms with Crippen molar-refractivity contribution in [1.29, 1.82) is 0 Å². The number of guanidine groups is 1. The van der Waals surface area contributed by atoms with Crippen molar-refractivity contribution in [3.63, 3.8) is 0 Å². The molecule has 0 aromatic rings. The number of nitrogens with one attached hydrogen (secondary N) is 2. The van der Waals surface area contributed by atoms with Gasteiger partial charge in [-0.15, -0.1) is 24.0 Å². The molecule has 1 saturated carbocycles. The number of rotatable bonds is 7. The third-order valence-electron chi connectivity index (χ3n) is 4.41. The molecule has 0 heterocycles. The lowest BCUT2D eigenvalue weighted by molar-refractivity contribution is -0.183. The first-order valence-corrected chi connectivity index (χ1v) is 8.66. The van der Waals surface area contributed by atoms with Crippen LogP contribution in [0.15, 0.2) is 4.99 Å². The van der Waals surface area contributed by atoms with Gasteiger partial charge in [-0.1, -0.05) is 20.3 Å². The number of hydrogen-bond acceptors (Lipinski definition) is 2. The van der Waals surface area contributed by atoms with Gasteiger partial charge in [0.2, 0.25) is 0 Å².